The number of hydrogen-bond acceptors (Lipinski definition) is 6. The van der Waals surface area contributed by atoms with Crippen LogP contribution in [0.5, 0.6) is 5.75 Å². The molecule has 1 atom stereocenters. The fourth-order valence-corrected chi connectivity index (χ4v) is 3.06. The van der Waals surface area contributed by atoms with Crippen LogP contribution in [0.15, 0.2) is 54.6 Å². The molecule has 3 amide bonds. The number of nitrogens with zero attached hydrogens (tertiary/aromatic N) is 1. The molecular weight excluding hydrogens is 426 g/mol. The molecule has 0 aliphatic rings. The minimum Gasteiger partial charge on any atom is -0.497 e. The van der Waals surface area contributed by atoms with Gasteiger partial charge in [-0.25, -0.2) is 4.79 Å². The van der Waals surface area contributed by atoms with Crippen LogP contribution in [0.25, 0.3) is 0 Å². The number of methoxy groups -OCH3 is 1. The van der Waals surface area contributed by atoms with Crippen molar-refractivity contribution in [2.75, 3.05) is 32.1 Å². The molecule has 2 aromatic rings. The average Bonchev–Trinajstić information content (AvgIpc) is 2.77. The molecule has 0 spiro atoms. The van der Waals surface area contributed by atoms with E-state index in [9.17, 15) is 19.5 Å². The number of aliphatic hydroxyl groups excluding tert-OH is 1. The molecule has 0 saturated carbocycles. The lowest BCUT2D eigenvalue weighted by molar-refractivity contribution is -0.138. The average molecular weight is 458 g/mol. The van der Waals surface area contributed by atoms with E-state index in [1.54, 1.807) is 82.5 Å². The number of ether oxygens (including phenoxy) is 2. The van der Waals surface area contributed by atoms with Gasteiger partial charge < -0.3 is 30.1 Å². The van der Waals surface area contributed by atoms with Gasteiger partial charge in [0, 0.05) is 12.2 Å². The fraction of sp³-hybridized carbons (Fsp3) is 0.375. The number of alkyl carbamates (subject to hydrolysis) is 1. The zero-order chi connectivity index (χ0) is 24.4. The predicted octanol–water partition coefficient (Wildman–Crippen LogP) is 2.72. The second-order valence-electron chi connectivity index (χ2n) is 8.20. The van der Waals surface area contributed by atoms with Crippen LogP contribution in [-0.4, -0.2) is 60.3 Å². The van der Waals surface area contributed by atoms with Gasteiger partial charge in [-0.1, -0.05) is 30.3 Å². The molecule has 0 aromatic heterocycles. The van der Waals surface area contributed by atoms with Crippen LogP contribution >= 0.6 is 0 Å². The Bertz CT molecular complexity index is 925. The molecule has 33 heavy (non-hydrogen) atoms. The van der Waals surface area contributed by atoms with Crippen molar-refractivity contribution in [1.82, 2.24) is 10.2 Å². The van der Waals surface area contributed by atoms with Crippen LogP contribution in [0.3, 0.4) is 0 Å². The Morgan fingerprint density at radius 3 is 2.21 bits per heavy atom. The summed E-state index contributed by atoms with van der Waals surface area (Å²) >= 11 is 0. The van der Waals surface area contributed by atoms with Crippen molar-refractivity contribution in [3.05, 3.63) is 60.2 Å². The number of aliphatic hydroxyl groups is 1. The molecule has 178 valence electrons. The van der Waals surface area contributed by atoms with E-state index in [4.69, 9.17) is 9.47 Å². The summed E-state index contributed by atoms with van der Waals surface area (Å²) in [5.74, 6) is -0.378. The summed E-state index contributed by atoms with van der Waals surface area (Å²) in [5.41, 5.74) is 0.357. The van der Waals surface area contributed by atoms with Gasteiger partial charge in [0.05, 0.1) is 13.7 Å². The first-order valence-corrected chi connectivity index (χ1v) is 10.5. The molecule has 2 aromatic carbocycles. The number of hydrogen-bond donors (Lipinski definition) is 3. The molecule has 2 rings (SSSR count). The second kappa shape index (κ2) is 11.9. The first-order valence-electron chi connectivity index (χ1n) is 10.5. The van der Waals surface area contributed by atoms with Gasteiger partial charge in [0.15, 0.2) is 0 Å². The summed E-state index contributed by atoms with van der Waals surface area (Å²) < 4.78 is 10.3. The van der Waals surface area contributed by atoms with E-state index in [2.05, 4.69) is 10.6 Å². The van der Waals surface area contributed by atoms with Crippen molar-refractivity contribution in [2.24, 2.45) is 0 Å². The highest BCUT2D eigenvalue weighted by Crippen LogP contribution is 2.24. The van der Waals surface area contributed by atoms with Gasteiger partial charge in [-0.05, 0) is 50.6 Å². The summed E-state index contributed by atoms with van der Waals surface area (Å²) in [5, 5.41) is 14.8. The van der Waals surface area contributed by atoms with Gasteiger partial charge in [0.25, 0.3) is 5.91 Å². The maximum Gasteiger partial charge on any atom is 0.408 e. The molecule has 0 aliphatic carbocycles. The van der Waals surface area contributed by atoms with Crippen LogP contribution in [0.1, 0.15) is 32.4 Å². The summed E-state index contributed by atoms with van der Waals surface area (Å²) in [7, 11) is 1.54. The lowest BCUT2D eigenvalue weighted by Gasteiger charge is -2.31. The topological polar surface area (TPSA) is 117 Å². The van der Waals surface area contributed by atoms with Crippen molar-refractivity contribution in [3.63, 3.8) is 0 Å². The van der Waals surface area contributed by atoms with E-state index in [0.29, 0.717) is 17.0 Å². The van der Waals surface area contributed by atoms with Gasteiger partial charge in [-0.2, -0.15) is 0 Å². The summed E-state index contributed by atoms with van der Waals surface area (Å²) in [4.78, 5) is 39.5. The van der Waals surface area contributed by atoms with Crippen LogP contribution in [0, 0.1) is 0 Å². The Morgan fingerprint density at radius 2 is 1.67 bits per heavy atom. The van der Waals surface area contributed by atoms with E-state index < -0.39 is 36.1 Å². The van der Waals surface area contributed by atoms with Gasteiger partial charge in [0.1, 0.15) is 23.9 Å². The summed E-state index contributed by atoms with van der Waals surface area (Å²) in [6.07, 6.45) is -0.751. The Morgan fingerprint density at radius 1 is 1.03 bits per heavy atom. The van der Waals surface area contributed by atoms with Crippen molar-refractivity contribution < 1.29 is 29.0 Å². The quantitative estimate of drug-likeness (QED) is 0.533. The Kier molecular flexibility index (Phi) is 9.23. The molecule has 0 bridgehead atoms. The molecule has 0 saturated heterocycles. The molecule has 0 heterocycles. The largest absolute Gasteiger partial charge is 0.497 e. The minimum absolute atomic E-state index is 0.107. The lowest BCUT2D eigenvalue weighted by atomic mass is 10.0. The van der Waals surface area contributed by atoms with Crippen LogP contribution < -0.4 is 15.4 Å². The highest BCUT2D eigenvalue weighted by atomic mass is 16.6. The van der Waals surface area contributed by atoms with Crippen molar-refractivity contribution in [1.29, 1.82) is 0 Å². The first kappa shape index (κ1) is 25.7. The Hall–Kier alpha value is -3.59. The van der Waals surface area contributed by atoms with E-state index in [-0.39, 0.29) is 13.2 Å². The van der Waals surface area contributed by atoms with Crippen LogP contribution in [-0.2, 0) is 14.3 Å². The maximum absolute atomic E-state index is 13.3. The van der Waals surface area contributed by atoms with Crippen molar-refractivity contribution in [2.45, 2.75) is 32.4 Å². The third-order valence-electron chi connectivity index (χ3n) is 4.48. The van der Waals surface area contributed by atoms with E-state index in [1.165, 1.54) is 4.90 Å². The number of nitrogens with one attached hydrogen (secondary N) is 2. The SMILES string of the molecule is COc1ccc(NC(=O)C(c2ccccc2)N(CCO)C(=O)CNC(=O)OC(C)(C)C)cc1. The van der Waals surface area contributed by atoms with E-state index in [1.807, 2.05) is 0 Å². The van der Waals surface area contributed by atoms with Crippen LogP contribution in [0.2, 0.25) is 0 Å². The number of benzene rings is 2. The molecule has 1 unspecified atom stereocenters. The normalized spacial score (nSPS) is 11.8. The monoisotopic (exact) mass is 457 g/mol. The maximum atomic E-state index is 13.3. The lowest BCUT2D eigenvalue weighted by Crippen LogP contribution is -2.47. The minimum atomic E-state index is -1.03. The first-order chi connectivity index (χ1) is 15.6. The third-order valence-corrected chi connectivity index (χ3v) is 4.48. The zero-order valence-electron chi connectivity index (χ0n) is 19.3. The Labute approximate surface area is 193 Å². The fourth-order valence-electron chi connectivity index (χ4n) is 3.06. The molecule has 9 nitrogen and oxygen atoms in total. The van der Waals surface area contributed by atoms with Crippen molar-refractivity contribution >= 4 is 23.6 Å². The van der Waals surface area contributed by atoms with Gasteiger partial charge in [0.2, 0.25) is 5.91 Å². The number of anilines is 1. The summed E-state index contributed by atoms with van der Waals surface area (Å²) in [6, 6.07) is 14.5. The van der Waals surface area contributed by atoms with E-state index in [0.717, 1.165) is 0 Å². The molecule has 0 aliphatic heterocycles. The molecular formula is C24H31N3O6. The van der Waals surface area contributed by atoms with Gasteiger partial charge in [-0.3, -0.25) is 9.59 Å². The highest BCUT2D eigenvalue weighted by Gasteiger charge is 2.31. The number of carbonyl (C=O) groups is 3. The third kappa shape index (κ3) is 8.12. The number of carbonyl (C=O) groups excluding carboxylic acids is 3. The predicted molar refractivity (Wildman–Crippen MR) is 124 cm³/mol. The van der Waals surface area contributed by atoms with E-state index >= 15 is 0 Å². The molecule has 0 fully saturated rings. The van der Waals surface area contributed by atoms with Crippen LogP contribution in [0.4, 0.5) is 10.5 Å². The smallest absolute Gasteiger partial charge is 0.408 e. The number of rotatable bonds is 9. The molecule has 0 radical (unpaired) electrons. The zero-order valence-corrected chi connectivity index (χ0v) is 19.3. The standard InChI is InChI=1S/C24H31N3O6/c1-24(2,3)33-23(31)25-16-20(29)27(14-15-28)21(17-8-6-5-7-9-17)22(30)26-18-10-12-19(32-4)13-11-18/h5-13,21,28H,14-16H2,1-4H3,(H,25,31)(H,26,30). The van der Waals surface area contributed by atoms with Gasteiger partial charge >= 0.3 is 6.09 Å². The molecule has 9 heteroatoms. The molecule has 3 N–H and O–H groups in total. The summed E-state index contributed by atoms with van der Waals surface area (Å²) in [6.45, 7) is 4.26. The highest BCUT2D eigenvalue weighted by molar-refractivity contribution is 5.98. The van der Waals surface area contributed by atoms with Crippen molar-refractivity contribution in [3.8, 4) is 5.75 Å². The number of amides is 3. The van der Waals surface area contributed by atoms with Gasteiger partial charge in [-0.15, -0.1) is 0 Å². The second-order valence-corrected chi connectivity index (χ2v) is 8.20. The Balaban J connectivity index is 2.25.